The predicted octanol–water partition coefficient (Wildman–Crippen LogP) is 1.85. The number of carbonyl (C=O) groups is 1. The number of carbonyl (C=O) groups excluding carboxylic acids is 1. The molecule has 1 amide bonds. The molecule has 0 aliphatic carbocycles. The van der Waals surface area contributed by atoms with Crippen LogP contribution < -0.4 is 20.5 Å². The molecule has 1 atom stereocenters. The summed E-state index contributed by atoms with van der Waals surface area (Å²) < 4.78 is 11.3. The Bertz CT molecular complexity index is 603. The van der Waals surface area contributed by atoms with Gasteiger partial charge >= 0.3 is 0 Å². The van der Waals surface area contributed by atoms with Crippen molar-refractivity contribution >= 4 is 11.6 Å². The topological polar surface area (TPSA) is 76.8 Å². The molecule has 132 valence electrons. The van der Waals surface area contributed by atoms with E-state index in [1.807, 2.05) is 18.2 Å². The van der Waals surface area contributed by atoms with Crippen molar-refractivity contribution in [3.63, 3.8) is 0 Å². The summed E-state index contributed by atoms with van der Waals surface area (Å²) in [6, 6.07) is 5.72. The van der Waals surface area contributed by atoms with Gasteiger partial charge in [-0.1, -0.05) is 13.8 Å². The highest BCUT2D eigenvalue weighted by Crippen LogP contribution is 2.32. The minimum Gasteiger partial charge on any atom is -0.490 e. The molecule has 2 heterocycles. The van der Waals surface area contributed by atoms with Gasteiger partial charge in [0.2, 0.25) is 5.91 Å². The average molecular weight is 333 g/mol. The number of hydrogen-bond donors (Lipinski definition) is 2. The minimum atomic E-state index is -0.0178. The number of ether oxygens (including phenoxy) is 2. The fraction of sp³-hybridized carbons (Fsp3) is 0.611. The standard InChI is InChI=1S/C18H27N3O3/c1-18(2)12-21(7-6-16(18)19)11-17(22)20-13-4-5-14-15(10-13)24-9-3-8-23-14/h4-5,10,16H,3,6-9,11-12,19H2,1-2H3,(H,20,22). The van der Waals surface area contributed by atoms with E-state index in [0.29, 0.717) is 25.5 Å². The highest BCUT2D eigenvalue weighted by Gasteiger charge is 2.33. The summed E-state index contributed by atoms with van der Waals surface area (Å²) in [5.74, 6) is 1.41. The number of anilines is 1. The summed E-state index contributed by atoms with van der Waals surface area (Å²) in [7, 11) is 0. The van der Waals surface area contributed by atoms with Crippen LogP contribution in [0.2, 0.25) is 0 Å². The summed E-state index contributed by atoms with van der Waals surface area (Å²) in [4.78, 5) is 14.5. The van der Waals surface area contributed by atoms with E-state index in [1.165, 1.54) is 0 Å². The molecule has 0 spiro atoms. The van der Waals surface area contributed by atoms with Gasteiger partial charge in [-0.3, -0.25) is 9.69 Å². The van der Waals surface area contributed by atoms with Crippen LogP contribution in [0.15, 0.2) is 18.2 Å². The van der Waals surface area contributed by atoms with Crippen LogP contribution >= 0.6 is 0 Å². The lowest BCUT2D eigenvalue weighted by Crippen LogP contribution is -2.53. The fourth-order valence-electron chi connectivity index (χ4n) is 3.26. The molecule has 24 heavy (non-hydrogen) atoms. The van der Waals surface area contributed by atoms with Crippen LogP contribution in [-0.2, 0) is 4.79 Å². The van der Waals surface area contributed by atoms with Crippen molar-refractivity contribution in [1.82, 2.24) is 4.90 Å². The van der Waals surface area contributed by atoms with Crippen molar-refractivity contribution in [1.29, 1.82) is 0 Å². The van der Waals surface area contributed by atoms with Gasteiger partial charge in [0.15, 0.2) is 11.5 Å². The number of likely N-dealkylation sites (tertiary alicyclic amines) is 1. The molecule has 0 radical (unpaired) electrons. The highest BCUT2D eigenvalue weighted by atomic mass is 16.5. The van der Waals surface area contributed by atoms with E-state index in [9.17, 15) is 4.79 Å². The van der Waals surface area contributed by atoms with E-state index >= 15 is 0 Å². The Labute approximate surface area is 143 Å². The zero-order valence-corrected chi connectivity index (χ0v) is 14.5. The van der Waals surface area contributed by atoms with Gasteiger partial charge in [-0.15, -0.1) is 0 Å². The van der Waals surface area contributed by atoms with Gasteiger partial charge in [0.05, 0.1) is 19.8 Å². The zero-order valence-electron chi connectivity index (χ0n) is 14.5. The summed E-state index contributed by atoms with van der Waals surface area (Å²) in [5.41, 5.74) is 6.92. The van der Waals surface area contributed by atoms with Crippen LogP contribution in [0.3, 0.4) is 0 Å². The van der Waals surface area contributed by atoms with Crippen LogP contribution in [0, 0.1) is 5.41 Å². The maximum atomic E-state index is 12.4. The summed E-state index contributed by atoms with van der Waals surface area (Å²) in [6.45, 7) is 7.68. The average Bonchev–Trinajstić information content (AvgIpc) is 2.75. The van der Waals surface area contributed by atoms with Crippen LogP contribution in [-0.4, -0.2) is 49.7 Å². The number of fused-ring (bicyclic) bond motifs is 1. The molecule has 0 bridgehead atoms. The monoisotopic (exact) mass is 333 g/mol. The maximum absolute atomic E-state index is 12.4. The van der Waals surface area contributed by atoms with Crippen molar-refractivity contribution in [3.8, 4) is 11.5 Å². The number of piperidine rings is 1. The van der Waals surface area contributed by atoms with Crippen LogP contribution in [0.25, 0.3) is 0 Å². The number of hydrogen-bond acceptors (Lipinski definition) is 5. The van der Waals surface area contributed by atoms with E-state index < -0.39 is 0 Å². The lowest BCUT2D eigenvalue weighted by Gasteiger charge is -2.42. The molecular formula is C18H27N3O3. The van der Waals surface area contributed by atoms with Gasteiger partial charge < -0.3 is 20.5 Å². The lowest BCUT2D eigenvalue weighted by molar-refractivity contribution is -0.118. The van der Waals surface area contributed by atoms with Crippen molar-refractivity contribution in [2.45, 2.75) is 32.7 Å². The second-order valence-corrected chi connectivity index (χ2v) is 7.35. The molecule has 3 rings (SSSR count). The molecule has 1 fully saturated rings. The van der Waals surface area contributed by atoms with E-state index in [0.717, 1.165) is 37.4 Å². The summed E-state index contributed by atoms with van der Waals surface area (Å²) in [6.07, 6.45) is 1.79. The molecule has 2 aliphatic heterocycles. The van der Waals surface area contributed by atoms with Gasteiger partial charge in [-0.25, -0.2) is 0 Å². The molecule has 1 aromatic rings. The third kappa shape index (κ3) is 3.99. The smallest absolute Gasteiger partial charge is 0.238 e. The Hall–Kier alpha value is -1.79. The highest BCUT2D eigenvalue weighted by molar-refractivity contribution is 5.92. The van der Waals surface area contributed by atoms with E-state index in [4.69, 9.17) is 15.2 Å². The Morgan fingerprint density at radius 2 is 2.08 bits per heavy atom. The van der Waals surface area contributed by atoms with Gasteiger partial charge in [0.25, 0.3) is 0 Å². The summed E-state index contributed by atoms with van der Waals surface area (Å²) >= 11 is 0. The van der Waals surface area contributed by atoms with E-state index in [1.54, 1.807) is 0 Å². The molecule has 1 unspecified atom stereocenters. The third-order valence-corrected chi connectivity index (χ3v) is 4.79. The van der Waals surface area contributed by atoms with Gasteiger partial charge in [0, 0.05) is 37.3 Å². The number of benzene rings is 1. The quantitative estimate of drug-likeness (QED) is 0.883. The van der Waals surface area contributed by atoms with Gasteiger partial charge in [-0.05, 0) is 24.0 Å². The van der Waals surface area contributed by atoms with Crippen molar-refractivity contribution in [2.75, 3.05) is 38.2 Å². The molecule has 3 N–H and O–H groups in total. The predicted molar refractivity (Wildman–Crippen MR) is 93.5 cm³/mol. The summed E-state index contributed by atoms with van der Waals surface area (Å²) in [5, 5.41) is 2.95. The normalized spacial score (nSPS) is 23.4. The molecule has 0 aromatic heterocycles. The maximum Gasteiger partial charge on any atom is 0.238 e. The molecule has 0 saturated carbocycles. The van der Waals surface area contributed by atoms with Crippen molar-refractivity contribution in [2.24, 2.45) is 11.1 Å². The fourth-order valence-corrected chi connectivity index (χ4v) is 3.26. The van der Waals surface area contributed by atoms with Crippen molar-refractivity contribution < 1.29 is 14.3 Å². The Balaban J connectivity index is 1.58. The Morgan fingerprint density at radius 3 is 2.83 bits per heavy atom. The van der Waals surface area contributed by atoms with Crippen LogP contribution in [0.5, 0.6) is 11.5 Å². The second-order valence-electron chi connectivity index (χ2n) is 7.35. The molecule has 6 nitrogen and oxygen atoms in total. The Kier molecular flexibility index (Phi) is 4.96. The molecule has 6 heteroatoms. The zero-order chi connectivity index (χ0) is 17.2. The molecule has 1 saturated heterocycles. The number of rotatable bonds is 3. The second kappa shape index (κ2) is 6.99. The first kappa shape index (κ1) is 17.0. The third-order valence-electron chi connectivity index (χ3n) is 4.79. The number of nitrogens with one attached hydrogen (secondary N) is 1. The number of amides is 1. The largest absolute Gasteiger partial charge is 0.490 e. The lowest BCUT2D eigenvalue weighted by atomic mass is 9.80. The first-order valence-corrected chi connectivity index (χ1v) is 8.61. The number of nitrogens with zero attached hydrogens (tertiary/aromatic N) is 1. The SMILES string of the molecule is CC1(C)CN(CC(=O)Nc2ccc3c(c2)OCCCO3)CCC1N. The number of nitrogens with two attached hydrogens (primary N) is 1. The van der Waals surface area contributed by atoms with E-state index in [-0.39, 0.29) is 17.4 Å². The Morgan fingerprint density at radius 1 is 1.33 bits per heavy atom. The first-order valence-electron chi connectivity index (χ1n) is 8.61. The minimum absolute atomic E-state index is 0.0178. The van der Waals surface area contributed by atoms with Crippen LogP contribution in [0.1, 0.15) is 26.7 Å². The van der Waals surface area contributed by atoms with Gasteiger partial charge in [0.1, 0.15) is 0 Å². The first-order chi connectivity index (χ1) is 11.4. The van der Waals surface area contributed by atoms with E-state index in [2.05, 4.69) is 24.1 Å². The van der Waals surface area contributed by atoms with Gasteiger partial charge in [-0.2, -0.15) is 0 Å². The van der Waals surface area contributed by atoms with Crippen molar-refractivity contribution in [3.05, 3.63) is 18.2 Å². The molecular weight excluding hydrogens is 306 g/mol. The molecule has 2 aliphatic rings. The van der Waals surface area contributed by atoms with Crippen LogP contribution in [0.4, 0.5) is 5.69 Å². The molecule has 1 aromatic carbocycles.